The van der Waals surface area contributed by atoms with Crippen molar-refractivity contribution in [3.63, 3.8) is 0 Å². The van der Waals surface area contributed by atoms with Crippen LogP contribution < -0.4 is 9.47 Å². The van der Waals surface area contributed by atoms with Gasteiger partial charge >= 0.3 is 0 Å². The molecule has 166 valence electrons. The van der Waals surface area contributed by atoms with Gasteiger partial charge in [-0.3, -0.25) is 0 Å². The number of aryl methyl sites for hydroxylation is 3. The van der Waals surface area contributed by atoms with Gasteiger partial charge in [0, 0.05) is 6.54 Å². The molecular formula is C27H30N2O3. The molecule has 0 aliphatic carbocycles. The number of ether oxygens (including phenoxy) is 2. The number of unbranched alkanes of at least 4 members (excludes halogenated alkanes) is 1. The van der Waals surface area contributed by atoms with Gasteiger partial charge in [-0.1, -0.05) is 42.5 Å². The molecule has 0 aliphatic heterocycles. The van der Waals surface area contributed by atoms with Gasteiger partial charge in [-0.15, -0.1) is 0 Å². The van der Waals surface area contributed by atoms with Crippen molar-refractivity contribution in [3.05, 3.63) is 89.2 Å². The molecule has 0 radical (unpaired) electrons. The van der Waals surface area contributed by atoms with Crippen LogP contribution in [0.1, 0.15) is 41.5 Å². The summed E-state index contributed by atoms with van der Waals surface area (Å²) in [6.45, 7) is 5.56. The number of aliphatic hydroxyl groups is 1. The van der Waals surface area contributed by atoms with E-state index < -0.39 is 6.10 Å². The number of nitrogens with zero attached hydrogens (tertiary/aromatic N) is 2. The lowest BCUT2D eigenvalue weighted by molar-refractivity contribution is 0.204. The lowest BCUT2D eigenvalue weighted by atomic mass is 10.1. The molecule has 0 saturated carbocycles. The smallest absolute Gasteiger partial charge is 0.161 e. The maximum absolute atomic E-state index is 11.1. The second kappa shape index (κ2) is 9.88. The van der Waals surface area contributed by atoms with Crippen molar-refractivity contribution in [2.24, 2.45) is 0 Å². The zero-order chi connectivity index (χ0) is 22.5. The first kappa shape index (κ1) is 21.9. The quantitative estimate of drug-likeness (QED) is 0.351. The summed E-state index contributed by atoms with van der Waals surface area (Å²) in [5, 5.41) is 11.1. The second-order valence-corrected chi connectivity index (χ2v) is 8.07. The fraction of sp³-hybridized carbons (Fsp3) is 0.296. The second-order valence-electron chi connectivity index (χ2n) is 8.07. The van der Waals surface area contributed by atoms with Crippen LogP contribution >= 0.6 is 0 Å². The average molecular weight is 431 g/mol. The van der Waals surface area contributed by atoms with Crippen molar-refractivity contribution >= 4 is 11.0 Å². The standard InChI is InChI=1S/C27H30N2O3/c1-19-17-22-23(18-20(19)2)29(27(28-22)26(30)21-11-5-4-6-12-21)15-9-10-16-32-25-14-8-7-13-24(25)31-3/h4-8,11-14,17-18,26,30H,9-10,15-16H2,1-3H3. The normalized spacial score (nSPS) is 12.1. The predicted molar refractivity (Wildman–Crippen MR) is 127 cm³/mol. The number of hydrogen-bond donors (Lipinski definition) is 1. The lowest BCUT2D eigenvalue weighted by Gasteiger charge is -2.15. The Balaban J connectivity index is 1.52. The molecule has 1 heterocycles. The van der Waals surface area contributed by atoms with Gasteiger partial charge < -0.3 is 19.1 Å². The molecular weight excluding hydrogens is 400 g/mol. The van der Waals surface area contributed by atoms with Gasteiger partial charge in [0.05, 0.1) is 24.8 Å². The van der Waals surface area contributed by atoms with E-state index in [9.17, 15) is 5.11 Å². The largest absolute Gasteiger partial charge is 0.493 e. The van der Waals surface area contributed by atoms with E-state index in [1.165, 1.54) is 11.1 Å². The summed E-state index contributed by atoms with van der Waals surface area (Å²) >= 11 is 0. The van der Waals surface area contributed by atoms with Crippen LogP contribution in [-0.2, 0) is 6.54 Å². The zero-order valence-corrected chi connectivity index (χ0v) is 18.9. The van der Waals surface area contributed by atoms with E-state index >= 15 is 0 Å². The molecule has 4 rings (SSSR count). The van der Waals surface area contributed by atoms with Crippen molar-refractivity contribution in [3.8, 4) is 11.5 Å². The first-order chi connectivity index (χ1) is 15.6. The molecule has 0 amide bonds. The van der Waals surface area contributed by atoms with Crippen LogP contribution in [-0.4, -0.2) is 28.4 Å². The Morgan fingerprint density at radius 2 is 1.59 bits per heavy atom. The number of rotatable bonds is 9. The number of aliphatic hydroxyl groups excluding tert-OH is 1. The molecule has 32 heavy (non-hydrogen) atoms. The van der Waals surface area contributed by atoms with E-state index in [1.54, 1.807) is 7.11 Å². The fourth-order valence-corrected chi connectivity index (χ4v) is 3.92. The van der Waals surface area contributed by atoms with Gasteiger partial charge in [0.25, 0.3) is 0 Å². The van der Waals surface area contributed by atoms with E-state index in [0.717, 1.165) is 47.5 Å². The third-order valence-corrected chi connectivity index (χ3v) is 5.86. The van der Waals surface area contributed by atoms with E-state index in [0.29, 0.717) is 12.4 Å². The summed E-state index contributed by atoms with van der Waals surface area (Å²) in [7, 11) is 1.65. The van der Waals surface area contributed by atoms with E-state index in [1.807, 2.05) is 54.6 Å². The average Bonchev–Trinajstić information content (AvgIpc) is 3.16. The summed E-state index contributed by atoms with van der Waals surface area (Å²) < 4.78 is 13.4. The number of hydrogen-bond acceptors (Lipinski definition) is 4. The minimum atomic E-state index is -0.769. The Hall–Kier alpha value is -3.31. The Kier molecular flexibility index (Phi) is 6.76. The minimum absolute atomic E-state index is 0.599. The Labute approximate surface area is 189 Å². The third kappa shape index (κ3) is 4.63. The maximum Gasteiger partial charge on any atom is 0.161 e. The van der Waals surface area contributed by atoms with Crippen molar-refractivity contribution in [2.75, 3.05) is 13.7 Å². The van der Waals surface area contributed by atoms with Gasteiger partial charge in [0.15, 0.2) is 11.5 Å². The molecule has 5 nitrogen and oxygen atoms in total. The van der Waals surface area contributed by atoms with Crippen LogP contribution in [0.5, 0.6) is 11.5 Å². The molecule has 4 aromatic rings. The lowest BCUT2D eigenvalue weighted by Crippen LogP contribution is -2.11. The highest BCUT2D eigenvalue weighted by Crippen LogP contribution is 2.29. The zero-order valence-electron chi connectivity index (χ0n) is 18.9. The topological polar surface area (TPSA) is 56.5 Å². The fourth-order valence-electron chi connectivity index (χ4n) is 3.92. The summed E-state index contributed by atoms with van der Waals surface area (Å²) in [6.07, 6.45) is 1.01. The molecule has 1 unspecified atom stereocenters. The van der Waals surface area contributed by atoms with Crippen LogP contribution in [0.25, 0.3) is 11.0 Å². The van der Waals surface area contributed by atoms with E-state index in [2.05, 4.69) is 30.5 Å². The molecule has 3 aromatic carbocycles. The highest BCUT2D eigenvalue weighted by Gasteiger charge is 2.20. The molecule has 1 N–H and O–H groups in total. The van der Waals surface area contributed by atoms with Crippen LogP contribution in [0.15, 0.2) is 66.7 Å². The Bertz CT molecular complexity index is 1180. The van der Waals surface area contributed by atoms with Crippen LogP contribution in [0, 0.1) is 13.8 Å². The van der Waals surface area contributed by atoms with Gasteiger partial charge in [-0.25, -0.2) is 4.98 Å². The molecule has 0 aliphatic rings. The van der Waals surface area contributed by atoms with Gasteiger partial charge in [-0.05, 0) is 67.6 Å². The SMILES string of the molecule is COc1ccccc1OCCCCn1c(C(O)c2ccccc2)nc2cc(C)c(C)cc21. The molecule has 5 heteroatoms. The van der Waals surface area contributed by atoms with Crippen molar-refractivity contribution in [1.82, 2.24) is 9.55 Å². The summed E-state index contributed by atoms with van der Waals surface area (Å²) in [6, 6.07) is 21.7. The molecule has 1 aromatic heterocycles. The Morgan fingerprint density at radius 1 is 0.906 bits per heavy atom. The molecule has 0 bridgehead atoms. The predicted octanol–water partition coefficient (Wildman–Crippen LogP) is 5.60. The number of fused-ring (bicyclic) bond motifs is 1. The first-order valence-electron chi connectivity index (χ1n) is 11.0. The molecule has 0 saturated heterocycles. The maximum atomic E-state index is 11.1. The van der Waals surface area contributed by atoms with Crippen LogP contribution in [0.2, 0.25) is 0 Å². The number of imidazole rings is 1. The van der Waals surface area contributed by atoms with Gasteiger partial charge in [-0.2, -0.15) is 0 Å². The number of benzene rings is 3. The van der Waals surface area contributed by atoms with Crippen molar-refractivity contribution in [2.45, 2.75) is 39.3 Å². The third-order valence-electron chi connectivity index (χ3n) is 5.86. The molecule has 0 fully saturated rings. The van der Waals surface area contributed by atoms with Crippen LogP contribution in [0.4, 0.5) is 0 Å². The summed E-state index contributed by atoms with van der Waals surface area (Å²) in [5.74, 6) is 2.18. The van der Waals surface area contributed by atoms with Crippen LogP contribution in [0.3, 0.4) is 0 Å². The number of methoxy groups -OCH3 is 1. The molecule has 1 atom stereocenters. The van der Waals surface area contributed by atoms with Crippen molar-refractivity contribution in [1.29, 1.82) is 0 Å². The van der Waals surface area contributed by atoms with Gasteiger partial charge in [0.1, 0.15) is 11.9 Å². The van der Waals surface area contributed by atoms with E-state index in [4.69, 9.17) is 14.5 Å². The molecule has 0 spiro atoms. The highest BCUT2D eigenvalue weighted by atomic mass is 16.5. The summed E-state index contributed by atoms with van der Waals surface area (Å²) in [5.41, 5.74) is 5.25. The first-order valence-corrected chi connectivity index (χ1v) is 11.0. The number of para-hydroxylation sites is 2. The van der Waals surface area contributed by atoms with Gasteiger partial charge in [0.2, 0.25) is 0 Å². The summed E-state index contributed by atoms with van der Waals surface area (Å²) in [4.78, 5) is 4.83. The Morgan fingerprint density at radius 3 is 2.34 bits per heavy atom. The van der Waals surface area contributed by atoms with Crippen molar-refractivity contribution < 1.29 is 14.6 Å². The number of aromatic nitrogens is 2. The minimum Gasteiger partial charge on any atom is -0.493 e. The highest BCUT2D eigenvalue weighted by molar-refractivity contribution is 5.78. The van der Waals surface area contributed by atoms with E-state index in [-0.39, 0.29) is 0 Å². The monoisotopic (exact) mass is 430 g/mol.